The van der Waals surface area contributed by atoms with Gasteiger partial charge in [-0.25, -0.2) is 4.98 Å². The zero-order valence-corrected chi connectivity index (χ0v) is 27.6. The Balaban J connectivity index is 1.37. The van der Waals surface area contributed by atoms with Gasteiger partial charge in [0.05, 0.1) is 11.2 Å². The number of rotatable bonds is 4. The predicted molar refractivity (Wildman–Crippen MR) is 205 cm³/mol. The van der Waals surface area contributed by atoms with Crippen LogP contribution in [0.15, 0.2) is 158 Å². The molecule has 1 aliphatic rings. The van der Waals surface area contributed by atoms with Crippen LogP contribution in [0, 0.1) is 13.8 Å². The van der Waals surface area contributed by atoms with Crippen molar-refractivity contribution in [2.45, 2.75) is 20.3 Å². The van der Waals surface area contributed by atoms with Gasteiger partial charge in [0, 0.05) is 34.3 Å². The van der Waals surface area contributed by atoms with E-state index in [1.807, 2.05) is 18.5 Å². The molecule has 2 heterocycles. The second-order valence-electron chi connectivity index (χ2n) is 13.0. The van der Waals surface area contributed by atoms with E-state index in [2.05, 4.69) is 158 Å². The lowest BCUT2D eigenvalue weighted by Gasteiger charge is -2.24. The van der Waals surface area contributed by atoms with Crippen molar-refractivity contribution in [3.8, 4) is 44.6 Å². The van der Waals surface area contributed by atoms with Gasteiger partial charge in [0.15, 0.2) is 0 Å². The number of allylic oxidation sites excluding steroid dienone is 1. The molecule has 0 fully saturated rings. The van der Waals surface area contributed by atoms with E-state index in [0.717, 1.165) is 45.4 Å². The van der Waals surface area contributed by atoms with Crippen molar-refractivity contribution in [3.05, 3.63) is 186 Å². The van der Waals surface area contributed by atoms with Gasteiger partial charge in [0.2, 0.25) is 0 Å². The van der Waals surface area contributed by atoms with Crippen molar-refractivity contribution >= 4 is 27.2 Å². The van der Waals surface area contributed by atoms with Crippen LogP contribution >= 0.6 is 0 Å². The molecule has 232 valence electrons. The number of aromatic nitrogens is 2. The molecule has 49 heavy (non-hydrogen) atoms. The minimum absolute atomic E-state index is 0.885. The van der Waals surface area contributed by atoms with Crippen molar-refractivity contribution in [1.29, 1.82) is 0 Å². The number of hydrogen-bond donors (Lipinski definition) is 0. The summed E-state index contributed by atoms with van der Waals surface area (Å²) in [5.41, 5.74) is 18.1. The first-order valence-corrected chi connectivity index (χ1v) is 17.0. The van der Waals surface area contributed by atoms with Crippen molar-refractivity contribution < 1.29 is 0 Å². The Morgan fingerprint density at radius 2 is 1.16 bits per heavy atom. The fourth-order valence-corrected chi connectivity index (χ4v) is 7.85. The highest BCUT2D eigenvalue weighted by atomic mass is 14.7. The Bertz CT molecular complexity index is 2570. The van der Waals surface area contributed by atoms with Crippen LogP contribution in [0.3, 0.4) is 0 Å². The van der Waals surface area contributed by atoms with Gasteiger partial charge in [0.1, 0.15) is 0 Å². The van der Waals surface area contributed by atoms with Gasteiger partial charge in [-0.3, -0.25) is 4.98 Å². The van der Waals surface area contributed by atoms with Crippen LogP contribution in [0.2, 0.25) is 0 Å². The van der Waals surface area contributed by atoms with Crippen LogP contribution in [-0.2, 0) is 6.42 Å². The molecule has 2 heteroatoms. The lowest BCUT2D eigenvalue weighted by Crippen LogP contribution is -2.03. The summed E-state index contributed by atoms with van der Waals surface area (Å²) in [7, 11) is 0. The third-order valence-electron chi connectivity index (χ3n) is 10.1. The minimum Gasteiger partial charge on any atom is -0.264 e. The molecule has 8 aromatic rings. The molecule has 0 N–H and O–H groups in total. The average Bonchev–Trinajstić information content (AvgIpc) is 3.35. The Morgan fingerprint density at radius 3 is 1.94 bits per heavy atom. The summed E-state index contributed by atoms with van der Waals surface area (Å²) in [5, 5.41) is 3.68. The summed E-state index contributed by atoms with van der Waals surface area (Å²) in [4.78, 5) is 9.87. The first kappa shape index (κ1) is 29.1. The van der Waals surface area contributed by atoms with E-state index in [-0.39, 0.29) is 0 Å². The zero-order chi connectivity index (χ0) is 32.9. The Labute approximate surface area is 287 Å². The molecule has 0 spiro atoms. The van der Waals surface area contributed by atoms with Gasteiger partial charge < -0.3 is 0 Å². The molecule has 0 unspecified atom stereocenters. The maximum absolute atomic E-state index is 5.52. The van der Waals surface area contributed by atoms with E-state index in [0.29, 0.717) is 0 Å². The zero-order valence-electron chi connectivity index (χ0n) is 27.6. The van der Waals surface area contributed by atoms with Crippen LogP contribution in [0.1, 0.15) is 27.8 Å². The highest BCUT2D eigenvalue weighted by Crippen LogP contribution is 2.48. The maximum Gasteiger partial charge on any atom is 0.0791 e. The summed E-state index contributed by atoms with van der Waals surface area (Å²) in [6.07, 6.45) is 7.06. The SMILES string of the molecule is Cc1c2c(c(C)c3c1c(-c1ccccc1)nc1cc(-c4cccc(-c5cccnc5)c4)ccc13)C(c1ccccc1)=CCc1ccccc1-2. The molecule has 0 saturated carbocycles. The minimum atomic E-state index is 0.885. The van der Waals surface area contributed by atoms with Gasteiger partial charge in [-0.05, 0) is 105 Å². The van der Waals surface area contributed by atoms with Gasteiger partial charge in [-0.15, -0.1) is 0 Å². The Morgan fingerprint density at radius 1 is 0.510 bits per heavy atom. The molecule has 0 aliphatic heterocycles. The van der Waals surface area contributed by atoms with Crippen molar-refractivity contribution in [1.82, 2.24) is 9.97 Å². The molecule has 6 aromatic carbocycles. The van der Waals surface area contributed by atoms with Gasteiger partial charge in [0.25, 0.3) is 0 Å². The number of pyridine rings is 2. The fourth-order valence-electron chi connectivity index (χ4n) is 7.85. The fraction of sp³-hybridized carbons (Fsp3) is 0.0638. The molecule has 0 saturated heterocycles. The van der Waals surface area contributed by atoms with Crippen LogP contribution in [0.4, 0.5) is 0 Å². The quantitative estimate of drug-likeness (QED) is 0.182. The van der Waals surface area contributed by atoms with Crippen molar-refractivity contribution in [3.63, 3.8) is 0 Å². The molecule has 2 aromatic heterocycles. The van der Waals surface area contributed by atoms with E-state index < -0.39 is 0 Å². The lowest BCUT2D eigenvalue weighted by atomic mass is 9.80. The van der Waals surface area contributed by atoms with E-state index in [1.54, 1.807) is 0 Å². The molecule has 2 nitrogen and oxygen atoms in total. The molecular formula is C47H34N2. The lowest BCUT2D eigenvalue weighted by molar-refractivity contribution is 1.28. The monoisotopic (exact) mass is 626 g/mol. The predicted octanol–water partition coefficient (Wildman–Crippen LogP) is 12.1. The molecule has 0 atom stereocenters. The van der Waals surface area contributed by atoms with Crippen molar-refractivity contribution in [2.24, 2.45) is 0 Å². The number of fused-ring (bicyclic) bond motifs is 6. The Hall–Kier alpha value is -6.12. The number of benzene rings is 6. The van der Waals surface area contributed by atoms with Gasteiger partial charge >= 0.3 is 0 Å². The van der Waals surface area contributed by atoms with Gasteiger partial charge in [-0.2, -0.15) is 0 Å². The largest absolute Gasteiger partial charge is 0.264 e. The summed E-state index contributed by atoms with van der Waals surface area (Å²) in [5.74, 6) is 0. The van der Waals surface area contributed by atoms with Crippen LogP contribution < -0.4 is 0 Å². The summed E-state index contributed by atoms with van der Waals surface area (Å²) >= 11 is 0. The molecular weight excluding hydrogens is 593 g/mol. The first-order valence-electron chi connectivity index (χ1n) is 17.0. The summed E-state index contributed by atoms with van der Waals surface area (Å²) in [6, 6.07) is 50.1. The normalized spacial score (nSPS) is 12.3. The number of aryl methyl sites for hydroxylation is 2. The molecule has 0 bridgehead atoms. The van der Waals surface area contributed by atoms with Gasteiger partial charge in [-0.1, -0.05) is 127 Å². The standard InChI is InChI=1S/C47H34N2/c1-30-43-40(32-13-5-3-6-14-32)24-22-33-15-9-10-21-39(33)44(43)31(2)46-45(30)41-25-23-37(28-42(41)49-47(46)34-16-7-4-8-17-34)35-18-11-19-36(27-35)38-20-12-26-48-29-38/h3-21,23-29H,22H2,1-2H3. The summed E-state index contributed by atoms with van der Waals surface area (Å²) < 4.78 is 0. The molecule has 0 radical (unpaired) electrons. The average molecular weight is 627 g/mol. The maximum atomic E-state index is 5.52. The van der Waals surface area contributed by atoms with E-state index in [1.165, 1.54) is 60.7 Å². The summed E-state index contributed by atoms with van der Waals surface area (Å²) in [6.45, 7) is 4.63. The van der Waals surface area contributed by atoms with Crippen LogP contribution in [-0.4, -0.2) is 9.97 Å². The van der Waals surface area contributed by atoms with Crippen molar-refractivity contribution in [2.75, 3.05) is 0 Å². The molecule has 0 amide bonds. The molecule has 1 aliphatic carbocycles. The second-order valence-corrected chi connectivity index (χ2v) is 13.0. The number of hydrogen-bond acceptors (Lipinski definition) is 2. The Kier molecular flexibility index (Phi) is 7.02. The topological polar surface area (TPSA) is 25.8 Å². The molecule has 9 rings (SSSR count). The highest BCUT2D eigenvalue weighted by molar-refractivity contribution is 6.18. The first-order chi connectivity index (χ1) is 24.2. The highest BCUT2D eigenvalue weighted by Gasteiger charge is 2.27. The van der Waals surface area contributed by atoms with Crippen LogP contribution in [0.25, 0.3) is 71.9 Å². The van der Waals surface area contributed by atoms with E-state index in [9.17, 15) is 0 Å². The third kappa shape index (κ3) is 4.88. The van der Waals surface area contributed by atoms with E-state index in [4.69, 9.17) is 4.98 Å². The smallest absolute Gasteiger partial charge is 0.0791 e. The number of nitrogens with zero attached hydrogens (tertiary/aromatic N) is 2. The van der Waals surface area contributed by atoms with E-state index >= 15 is 0 Å². The third-order valence-corrected chi connectivity index (χ3v) is 10.1. The second kappa shape index (κ2) is 11.8. The van der Waals surface area contributed by atoms with Crippen LogP contribution in [0.5, 0.6) is 0 Å².